The van der Waals surface area contributed by atoms with E-state index in [2.05, 4.69) is 0 Å². The van der Waals surface area contributed by atoms with Gasteiger partial charge in [0, 0.05) is 5.56 Å². The highest BCUT2D eigenvalue weighted by molar-refractivity contribution is 8.26. The van der Waals surface area contributed by atoms with Crippen LogP contribution >= 0.6 is 24.0 Å². The summed E-state index contributed by atoms with van der Waals surface area (Å²) in [6.45, 7) is 1.66. The number of aliphatic carboxylic acids is 1. The first-order valence-corrected chi connectivity index (χ1v) is 8.35. The van der Waals surface area contributed by atoms with Crippen LogP contribution in [0.3, 0.4) is 0 Å². The molecule has 1 heterocycles. The Hall–Kier alpha value is -2.06. The quantitative estimate of drug-likeness (QED) is 0.557. The topological polar surface area (TPSA) is 78.9 Å². The smallest absolute Gasteiger partial charge is 0.266 e. The second-order valence-electron chi connectivity index (χ2n) is 4.90. The zero-order chi connectivity index (χ0) is 17.9. The number of carboxylic acids is 1. The summed E-state index contributed by atoms with van der Waals surface area (Å²) in [5, 5.41) is 11.2. The van der Waals surface area contributed by atoms with Crippen LogP contribution in [0.5, 0.6) is 11.5 Å². The molecule has 0 bridgehead atoms. The van der Waals surface area contributed by atoms with Gasteiger partial charge in [0.1, 0.15) is 15.8 Å². The summed E-state index contributed by atoms with van der Waals surface area (Å²) in [5.41, 5.74) is 0.638. The molecule has 8 heteroatoms. The molecule has 128 valence electrons. The molecule has 1 fully saturated rings. The Morgan fingerprint density at radius 3 is 2.67 bits per heavy atom. The number of amides is 1. The lowest BCUT2D eigenvalue weighted by molar-refractivity contribution is -0.310. The maximum absolute atomic E-state index is 12.6. The van der Waals surface area contributed by atoms with Crippen LogP contribution in [0.15, 0.2) is 23.1 Å². The zero-order valence-corrected chi connectivity index (χ0v) is 15.0. The van der Waals surface area contributed by atoms with Gasteiger partial charge in [-0.05, 0) is 30.7 Å². The van der Waals surface area contributed by atoms with E-state index in [-0.39, 0.29) is 10.7 Å². The minimum absolute atomic E-state index is 0.198. The Bertz CT molecular complexity index is 716. The summed E-state index contributed by atoms with van der Waals surface area (Å²) >= 11 is 6.21. The van der Waals surface area contributed by atoms with Crippen molar-refractivity contribution in [2.45, 2.75) is 19.4 Å². The Balaban J connectivity index is 2.40. The van der Waals surface area contributed by atoms with Gasteiger partial charge in [-0.2, -0.15) is 0 Å². The molecule has 24 heavy (non-hydrogen) atoms. The third-order valence-electron chi connectivity index (χ3n) is 3.52. The second-order valence-corrected chi connectivity index (χ2v) is 6.58. The molecule has 1 amide bonds. The van der Waals surface area contributed by atoms with Gasteiger partial charge >= 0.3 is 0 Å². The molecule has 1 aromatic carbocycles. The maximum Gasteiger partial charge on any atom is 0.266 e. The number of thioether (sulfide) groups is 1. The number of rotatable bonds is 6. The molecule has 1 aliphatic rings. The molecule has 0 N–H and O–H groups in total. The highest BCUT2D eigenvalue weighted by Crippen LogP contribution is 2.36. The SMILES string of the molecule is CC[C@H](C(=O)[O-])N1C(=O)/C(=C/c2cc(OC)ccc2OC)SC1=S. The standard InChI is InChI=1S/C16H17NO5S2/c1-4-11(15(19)20)17-14(18)13(24-16(17)23)8-9-7-10(21-2)5-6-12(9)22-3/h5-8,11H,4H2,1-3H3,(H,19,20)/p-1/b13-8-/t11-/m1/s1. The lowest BCUT2D eigenvalue weighted by Gasteiger charge is -2.26. The number of benzene rings is 1. The highest BCUT2D eigenvalue weighted by Gasteiger charge is 2.37. The van der Waals surface area contributed by atoms with Crippen molar-refractivity contribution in [3.8, 4) is 11.5 Å². The van der Waals surface area contributed by atoms with E-state index < -0.39 is 17.9 Å². The fourth-order valence-corrected chi connectivity index (χ4v) is 3.64. The number of carboxylic acid groups (broad SMARTS) is 1. The monoisotopic (exact) mass is 366 g/mol. The summed E-state index contributed by atoms with van der Waals surface area (Å²) in [7, 11) is 3.06. The summed E-state index contributed by atoms with van der Waals surface area (Å²) < 4.78 is 10.7. The van der Waals surface area contributed by atoms with Crippen LogP contribution in [0.4, 0.5) is 0 Å². The molecule has 1 aliphatic heterocycles. The predicted molar refractivity (Wildman–Crippen MR) is 93.6 cm³/mol. The van der Waals surface area contributed by atoms with Gasteiger partial charge in [0.25, 0.3) is 5.91 Å². The first-order valence-electron chi connectivity index (χ1n) is 7.12. The summed E-state index contributed by atoms with van der Waals surface area (Å²) in [6, 6.07) is 4.11. The van der Waals surface area contributed by atoms with Crippen molar-refractivity contribution in [1.29, 1.82) is 0 Å². The second kappa shape index (κ2) is 7.67. The van der Waals surface area contributed by atoms with Crippen molar-refractivity contribution in [3.05, 3.63) is 28.7 Å². The number of methoxy groups -OCH3 is 2. The van der Waals surface area contributed by atoms with Gasteiger partial charge in [-0.15, -0.1) is 0 Å². The van der Waals surface area contributed by atoms with Crippen molar-refractivity contribution < 1.29 is 24.2 Å². The van der Waals surface area contributed by atoms with Gasteiger partial charge in [0.2, 0.25) is 0 Å². The molecule has 2 rings (SSSR count). The van der Waals surface area contributed by atoms with Crippen molar-refractivity contribution in [1.82, 2.24) is 4.90 Å². The number of hydrogen-bond donors (Lipinski definition) is 0. The lowest BCUT2D eigenvalue weighted by atomic mass is 10.1. The molecule has 0 unspecified atom stereocenters. The molecule has 0 saturated carbocycles. The van der Waals surface area contributed by atoms with E-state index in [1.54, 1.807) is 31.2 Å². The van der Waals surface area contributed by atoms with Crippen LogP contribution in [0.1, 0.15) is 18.9 Å². The molecule has 0 radical (unpaired) electrons. The summed E-state index contributed by atoms with van der Waals surface area (Å²) in [5.74, 6) is -0.605. The van der Waals surface area contributed by atoms with Gasteiger partial charge in [-0.3, -0.25) is 9.69 Å². The molecule has 6 nitrogen and oxygen atoms in total. The van der Waals surface area contributed by atoms with Crippen LogP contribution in [-0.2, 0) is 9.59 Å². The minimum Gasteiger partial charge on any atom is -0.548 e. The summed E-state index contributed by atoms with van der Waals surface area (Å²) in [6.07, 6.45) is 1.83. The van der Waals surface area contributed by atoms with E-state index in [9.17, 15) is 14.7 Å². The Morgan fingerprint density at radius 2 is 2.12 bits per heavy atom. The fraction of sp³-hybridized carbons (Fsp3) is 0.312. The van der Waals surface area contributed by atoms with Crippen molar-refractivity contribution in [3.63, 3.8) is 0 Å². The van der Waals surface area contributed by atoms with E-state index in [0.29, 0.717) is 22.0 Å². The normalized spacial score (nSPS) is 17.3. The van der Waals surface area contributed by atoms with E-state index in [4.69, 9.17) is 21.7 Å². The molecule has 0 spiro atoms. The van der Waals surface area contributed by atoms with Crippen LogP contribution in [-0.4, -0.2) is 41.4 Å². The van der Waals surface area contributed by atoms with Gasteiger partial charge in [0.05, 0.1) is 31.1 Å². The number of thiocarbonyl (C=S) groups is 1. The molecular weight excluding hydrogens is 350 g/mol. The molecule has 1 atom stereocenters. The van der Waals surface area contributed by atoms with Crippen molar-refractivity contribution in [2.24, 2.45) is 0 Å². The first kappa shape index (κ1) is 18.3. The van der Waals surface area contributed by atoms with E-state index in [0.717, 1.165) is 16.7 Å². The van der Waals surface area contributed by atoms with Gasteiger partial charge in [-0.25, -0.2) is 0 Å². The third kappa shape index (κ3) is 3.54. The van der Waals surface area contributed by atoms with E-state index in [1.807, 2.05) is 0 Å². The Morgan fingerprint density at radius 1 is 1.42 bits per heavy atom. The van der Waals surface area contributed by atoms with Gasteiger partial charge < -0.3 is 19.4 Å². The first-order chi connectivity index (χ1) is 11.4. The Kier molecular flexibility index (Phi) is 5.84. The molecule has 1 saturated heterocycles. The maximum atomic E-state index is 12.6. The van der Waals surface area contributed by atoms with Crippen LogP contribution in [0, 0.1) is 0 Å². The fourth-order valence-electron chi connectivity index (χ4n) is 2.30. The molecular formula is C16H16NO5S2-. The van der Waals surface area contributed by atoms with Gasteiger partial charge in [-0.1, -0.05) is 30.9 Å². The van der Waals surface area contributed by atoms with Crippen LogP contribution < -0.4 is 14.6 Å². The predicted octanol–water partition coefficient (Wildman–Crippen LogP) is 1.43. The zero-order valence-electron chi connectivity index (χ0n) is 13.4. The van der Waals surface area contributed by atoms with Gasteiger partial charge in [0.15, 0.2) is 0 Å². The number of carbonyl (C=O) groups excluding carboxylic acids is 2. The minimum atomic E-state index is -1.32. The Labute approximate surface area is 149 Å². The lowest BCUT2D eigenvalue weighted by Crippen LogP contribution is -2.49. The molecule has 1 aromatic rings. The van der Waals surface area contributed by atoms with E-state index in [1.165, 1.54) is 14.2 Å². The number of ether oxygens (including phenoxy) is 2. The van der Waals surface area contributed by atoms with Crippen molar-refractivity contribution >= 4 is 46.3 Å². The average Bonchev–Trinajstić information content (AvgIpc) is 2.83. The molecule has 0 aliphatic carbocycles. The van der Waals surface area contributed by atoms with Crippen molar-refractivity contribution in [2.75, 3.05) is 14.2 Å². The number of carbonyl (C=O) groups is 2. The van der Waals surface area contributed by atoms with Crippen LogP contribution in [0.25, 0.3) is 6.08 Å². The number of hydrogen-bond acceptors (Lipinski definition) is 7. The van der Waals surface area contributed by atoms with E-state index >= 15 is 0 Å². The summed E-state index contributed by atoms with van der Waals surface area (Å²) in [4.78, 5) is 25.2. The largest absolute Gasteiger partial charge is 0.548 e. The number of nitrogens with zero attached hydrogens (tertiary/aromatic N) is 1. The molecule has 0 aromatic heterocycles. The highest BCUT2D eigenvalue weighted by atomic mass is 32.2. The average molecular weight is 366 g/mol. The van der Waals surface area contributed by atoms with Crippen LogP contribution in [0.2, 0.25) is 0 Å². The third-order valence-corrected chi connectivity index (χ3v) is 4.85.